The van der Waals surface area contributed by atoms with Crippen LogP contribution in [-0.4, -0.2) is 49.4 Å². The van der Waals surface area contributed by atoms with Gasteiger partial charge in [-0.25, -0.2) is 17.9 Å². The molecule has 1 atom stereocenters. The first-order valence-electron chi connectivity index (χ1n) is 13.1. The first-order chi connectivity index (χ1) is 18.4. The van der Waals surface area contributed by atoms with Crippen molar-refractivity contribution in [2.45, 2.75) is 70.9 Å². The number of carbonyl (C=O) groups is 1. The highest BCUT2D eigenvalue weighted by Crippen LogP contribution is 2.31. The molecule has 3 rings (SSSR count). The first-order valence-corrected chi connectivity index (χ1v) is 14.7. The number of amides is 2. The maximum absolute atomic E-state index is 13.5. The van der Waals surface area contributed by atoms with Crippen molar-refractivity contribution < 1.29 is 26.4 Å². The Morgan fingerprint density at radius 3 is 2.46 bits per heavy atom. The van der Waals surface area contributed by atoms with Crippen molar-refractivity contribution in [1.82, 2.24) is 14.5 Å². The highest BCUT2D eigenvalue weighted by Gasteiger charge is 2.32. The number of benzene rings is 2. The lowest BCUT2D eigenvalue weighted by Gasteiger charge is -2.40. The first kappa shape index (κ1) is 30.6. The van der Waals surface area contributed by atoms with Crippen LogP contribution in [0.1, 0.15) is 56.2 Å². The van der Waals surface area contributed by atoms with E-state index in [1.807, 2.05) is 12.1 Å². The van der Waals surface area contributed by atoms with Crippen LogP contribution in [0.5, 0.6) is 0 Å². The zero-order chi connectivity index (χ0) is 28.6. The van der Waals surface area contributed by atoms with Crippen LogP contribution in [0.2, 0.25) is 0 Å². The maximum Gasteiger partial charge on any atom is 0.416 e. The van der Waals surface area contributed by atoms with E-state index in [0.29, 0.717) is 11.6 Å². The second kappa shape index (κ2) is 13.5. The fourth-order valence-electron chi connectivity index (χ4n) is 4.85. The Morgan fingerprint density at radius 1 is 1.15 bits per heavy atom. The molecule has 1 unspecified atom stereocenters. The molecule has 0 saturated carbocycles. The van der Waals surface area contributed by atoms with Gasteiger partial charge in [0.1, 0.15) is 0 Å². The van der Waals surface area contributed by atoms with Crippen LogP contribution in [0.3, 0.4) is 0 Å². The smallest absolute Gasteiger partial charge is 0.317 e. The van der Waals surface area contributed by atoms with Crippen molar-refractivity contribution in [2.75, 3.05) is 18.4 Å². The van der Waals surface area contributed by atoms with E-state index >= 15 is 0 Å². The number of alkyl halides is 3. The van der Waals surface area contributed by atoms with Gasteiger partial charge in [0, 0.05) is 49.4 Å². The lowest BCUT2D eigenvalue weighted by molar-refractivity contribution is -0.137. The molecule has 0 spiro atoms. The highest BCUT2D eigenvalue weighted by atomic mass is 32.2. The number of sulfonamides is 1. The van der Waals surface area contributed by atoms with Gasteiger partial charge in [-0.15, -0.1) is 0 Å². The Bertz CT molecular complexity index is 1230. The van der Waals surface area contributed by atoms with E-state index in [1.54, 1.807) is 17.0 Å². The van der Waals surface area contributed by atoms with Crippen molar-refractivity contribution >= 4 is 21.7 Å². The van der Waals surface area contributed by atoms with Crippen LogP contribution in [0, 0.1) is 0 Å². The van der Waals surface area contributed by atoms with Crippen molar-refractivity contribution in [2.24, 2.45) is 0 Å². The molecule has 214 valence electrons. The molecule has 0 aliphatic carbocycles. The molecule has 1 fully saturated rings. The van der Waals surface area contributed by atoms with Gasteiger partial charge in [-0.2, -0.15) is 13.2 Å². The van der Waals surface area contributed by atoms with E-state index < -0.39 is 27.8 Å². The van der Waals surface area contributed by atoms with Gasteiger partial charge in [-0.05, 0) is 55.5 Å². The second-order valence-corrected chi connectivity index (χ2v) is 11.6. The third-order valence-corrected chi connectivity index (χ3v) is 8.00. The number of halogens is 3. The Balaban J connectivity index is 1.80. The van der Waals surface area contributed by atoms with Crippen LogP contribution < -0.4 is 10.0 Å². The molecule has 2 aromatic rings. The molecule has 1 heterocycles. The summed E-state index contributed by atoms with van der Waals surface area (Å²) in [6.45, 7) is 9.57. The zero-order valence-corrected chi connectivity index (χ0v) is 23.2. The zero-order valence-electron chi connectivity index (χ0n) is 22.4. The number of nitrogens with one attached hydrogen (secondary N) is 2. The van der Waals surface area contributed by atoms with Gasteiger partial charge in [0.15, 0.2) is 0 Å². The SMILES string of the molecule is C=CS(=O)(=O)NCc1cccc(CN(C(=O)Nc2cccc(C(F)(F)F)c2)C2CCN(C(C)CCC)CC2)c1. The monoisotopic (exact) mass is 566 g/mol. The van der Waals surface area contributed by atoms with E-state index in [-0.39, 0.29) is 24.8 Å². The van der Waals surface area contributed by atoms with Crippen LogP contribution in [0.15, 0.2) is 60.5 Å². The summed E-state index contributed by atoms with van der Waals surface area (Å²) in [5.74, 6) is 0. The Hall–Kier alpha value is -2.89. The van der Waals surface area contributed by atoms with E-state index in [1.165, 1.54) is 12.1 Å². The molecular weight excluding hydrogens is 529 g/mol. The Morgan fingerprint density at radius 2 is 1.82 bits per heavy atom. The third kappa shape index (κ3) is 9.08. The number of urea groups is 1. The summed E-state index contributed by atoms with van der Waals surface area (Å²) in [5.41, 5.74) is 0.729. The van der Waals surface area contributed by atoms with Crippen molar-refractivity contribution in [3.8, 4) is 0 Å². The molecule has 0 bridgehead atoms. The van der Waals surface area contributed by atoms with Gasteiger partial charge in [0.05, 0.1) is 5.56 Å². The van der Waals surface area contributed by atoms with E-state index in [4.69, 9.17) is 0 Å². The number of nitrogens with zero attached hydrogens (tertiary/aromatic N) is 2. The summed E-state index contributed by atoms with van der Waals surface area (Å²) in [7, 11) is -3.59. The molecule has 1 aliphatic heterocycles. The van der Waals surface area contributed by atoms with E-state index in [2.05, 4.69) is 35.4 Å². The lowest BCUT2D eigenvalue weighted by Crippen LogP contribution is -2.50. The summed E-state index contributed by atoms with van der Waals surface area (Å²) in [6.07, 6.45) is -0.861. The summed E-state index contributed by atoms with van der Waals surface area (Å²) in [4.78, 5) is 17.6. The van der Waals surface area contributed by atoms with Crippen molar-refractivity contribution in [3.05, 3.63) is 77.2 Å². The molecule has 2 amide bonds. The molecule has 11 heteroatoms. The number of carbonyl (C=O) groups excluding carboxylic acids is 1. The number of hydrogen-bond acceptors (Lipinski definition) is 4. The molecule has 0 aromatic heterocycles. The van der Waals surface area contributed by atoms with Gasteiger partial charge < -0.3 is 15.1 Å². The van der Waals surface area contributed by atoms with Crippen molar-refractivity contribution in [1.29, 1.82) is 0 Å². The minimum Gasteiger partial charge on any atom is -0.317 e. The van der Waals surface area contributed by atoms with Crippen LogP contribution in [0.4, 0.5) is 23.7 Å². The van der Waals surface area contributed by atoms with Gasteiger partial charge in [-0.3, -0.25) is 0 Å². The fourth-order valence-corrected chi connectivity index (χ4v) is 5.34. The number of rotatable bonds is 11. The Labute approximate surface area is 229 Å². The van der Waals surface area contributed by atoms with Gasteiger partial charge in [0.2, 0.25) is 10.0 Å². The van der Waals surface area contributed by atoms with Gasteiger partial charge >= 0.3 is 12.2 Å². The summed E-state index contributed by atoms with van der Waals surface area (Å²) < 4.78 is 65.6. The minimum atomic E-state index is -4.52. The highest BCUT2D eigenvalue weighted by molar-refractivity contribution is 7.92. The largest absolute Gasteiger partial charge is 0.416 e. The third-order valence-electron chi connectivity index (χ3n) is 7.01. The van der Waals surface area contributed by atoms with Crippen LogP contribution in [-0.2, 0) is 29.3 Å². The van der Waals surface area contributed by atoms with E-state index in [9.17, 15) is 26.4 Å². The number of anilines is 1. The van der Waals surface area contributed by atoms with Gasteiger partial charge in [-0.1, -0.05) is 50.3 Å². The lowest BCUT2D eigenvalue weighted by atomic mass is 9.99. The summed E-state index contributed by atoms with van der Waals surface area (Å²) >= 11 is 0. The predicted octanol–water partition coefficient (Wildman–Crippen LogP) is 5.96. The topological polar surface area (TPSA) is 81.8 Å². The average molecular weight is 567 g/mol. The van der Waals surface area contributed by atoms with Crippen LogP contribution >= 0.6 is 0 Å². The minimum absolute atomic E-state index is 0.0618. The molecule has 39 heavy (non-hydrogen) atoms. The van der Waals surface area contributed by atoms with Crippen molar-refractivity contribution in [3.63, 3.8) is 0 Å². The Kier molecular flexibility index (Phi) is 10.6. The van der Waals surface area contributed by atoms with Crippen LogP contribution in [0.25, 0.3) is 0 Å². The summed E-state index contributed by atoms with van der Waals surface area (Å²) in [6, 6.07) is 11.7. The molecule has 2 aromatic carbocycles. The standard InChI is InChI=1S/C28H37F3N4O3S/c1-4-8-21(3)34-15-13-26(14-16-34)35(27(36)33-25-12-7-11-24(18-25)28(29,30)31)20-23-10-6-9-22(17-23)19-32-39(37,38)5-2/h5-7,9-12,17-18,21,26,32H,2,4,8,13-16,19-20H2,1,3H3,(H,33,36). The van der Waals surface area contributed by atoms with E-state index in [0.717, 1.165) is 61.9 Å². The second-order valence-electron chi connectivity index (χ2n) is 9.89. The number of hydrogen-bond donors (Lipinski definition) is 2. The molecule has 2 N–H and O–H groups in total. The normalized spacial score (nSPS) is 16.0. The molecule has 1 aliphatic rings. The molecule has 0 radical (unpaired) electrons. The summed E-state index contributed by atoms with van der Waals surface area (Å²) in [5, 5.41) is 3.50. The maximum atomic E-state index is 13.5. The number of piperidine rings is 1. The molecule has 1 saturated heterocycles. The fraction of sp³-hybridized carbons (Fsp3) is 0.464. The van der Waals surface area contributed by atoms with Gasteiger partial charge in [0.25, 0.3) is 0 Å². The average Bonchev–Trinajstić information content (AvgIpc) is 2.91. The number of likely N-dealkylation sites (tertiary alicyclic amines) is 1. The molecule has 7 nitrogen and oxygen atoms in total. The molecular formula is C28H37F3N4O3S. The predicted molar refractivity (Wildman–Crippen MR) is 147 cm³/mol. The quantitative estimate of drug-likeness (QED) is 0.352.